The Morgan fingerprint density at radius 1 is 0.886 bits per heavy atom. The molecule has 5 rings (SSSR count). The smallest absolute Gasteiger partial charge is 0.338 e. The largest absolute Gasteiger partial charge is 0.478 e. The number of carboxylic acid groups (broad SMARTS) is 1. The van der Waals surface area contributed by atoms with Crippen molar-refractivity contribution in [2.24, 2.45) is 5.92 Å². The molecule has 0 atom stereocenters. The number of carbonyl (C=O) groups is 1. The quantitative estimate of drug-likeness (QED) is 0.563. The highest BCUT2D eigenvalue weighted by Crippen LogP contribution is 2.27. The number of pyridine rings is 1. The third-order valence-corrected chi connectivity index (χ3v) is 7.45. The minimum Gasteiger partial charge on any atom is -0.478 e. The van der Waals surface area contributed by atoms with Crippen molar-refractivity contribution in [1.82, 2.24) is 14.4 Å². The molecule has 0 saturated carbocycles. The number of para-hydroxylation sites is 1. The summed E-state index contributed by atoms with van der Waals surface area (Å²) in [4.78, 5) is 30.9. The van der Waals surface area contributed by atoms with Gasteiger partial charge in [-0.25, -0.2) is 4.79 Å². The van der Waals surface area contributed by atoms with E-state index < -0.39 is 5.97 Å². The van der Waals surface area contributed by atoms with Crippen LogP contribution in [0.25, 0.3) is 16.5 Å². The second-order valence-corrected chi connectivity index (χ2v) is 9.61. The van der Waals surface area contributed by atoms with Crippen LogP contribution in [-0.2, 0) is 11.3 Å². The maximum absolute atomic E-state index is 13.6. The predicted octanol–water partition coefficient (Wildman–Crippen LogP) is 3.62. The van der Waals surface area contributed by atoms with Gasteiger partial charge in [-0.15, -0.1) is 0 Å². The van der Waals surface area contributed by atoms with Gasteiger partial charge in [-0.3, -0.25) is 19.2 Å². The highest BCUT2D eigenvalue weighted by Gasteiger charge is 2.26. The van der Waals surface area contributed by atoms with Gasteiger partial charge >= 0.3 is 5.97 Å². The van der Waals surface area contributed by atoms with E-state index in [9.17, 15) is 14.7 Å². The van der Waals surface area contributed by atoms with Gasteiger partial charge in [0.2, 0.25) is 0 Å². The molecule has 0 aliphatic carbocycles. The predicted molar refractivity (Wildman–Crippen MR) is 136 cm³/mol. The van der Waals surface area contributed by atoms with E-state index in [2.05, 4.69) is 9.80 Å². The Labute approximate surface area is 205 Å². The fourth-order valence-electron chi connectivity index (χ4n) is 5.47. The number of aromatic nitrogens is 1. The van der Waals surface area contributed by atoms with Crippen LogP contribution in [0.3, 0.4) is 0 Å². The molecule has 0 amide bonds. The highest BCUT2D eigenvalue weighted by molar-refractivity contribution is 6.04. The topological polar surface area (TPSA) is 75.0 Å². The number of morpholine rings is 1. The van der Waals surface area contributed by atoms with Crippen LogP contribution in [0.15, 0.2) is 59.4 Å². The van der Waals surface area contributed by atoms with E-state index in [4.69, 9.17) is 4.74 Å². The van der Waals surface area contributed by atoms with E-state index >= 15 is 0 Å². The van der Waals surface area contributed by atoms with Crippen molar-refractivity contribution in [1.29, 1.82) is 0 Å². The molecule has 2 aromatic carbocycles. The number of hydrogen-bond donors (Lipinski definition) is 1. The van der Waals surface area contributed by atoms with Gasteiger partial charge < -0.3 is 9.84 Å². The van der Waals surface area contributed by atoms with E-state index in [0.29, 0.717) is 34.6 Å². The fraction of sp³-hybridized carbons (Fsp3) is 0.429. The summed E-state index contributed by atoms with van der Waals surface area (Å²) in [6.07, 6.45) is 3.38. The zero-order valence-electron chi connectivity index (χ0n) is 20.1. The van der Waals surface area contributed by atoms with Crippen LogP contribution < -0.4 is 5.56 Å². The Bertz CT molecular complexity index is 1230. The molecule has 2 aliphatic heterocycles. The first kappa shape index (κ1) is 23.7. The monoisotopic (exact) mass is 475 g/mol. The van der Waals surface area contributed by atoms with Gasteiger partial charge in [0.05, 0.1) is 24.5 Å². The highest BCUT2D eigenvalue weighted by atomic mass is 16.5. The molecule has 0 bridgehead atoms. The number of rotatable bonds is 7. The average Bonchev–Trinajstić information content (AvgIpc) is 2.89. The molecule has 2 aliphatic rings. The summed E-state index contributed by atoms with van der Waals surface area (Å²) in [5, 5.41) is 11.2. The summed E-state index contributed by atoms with van der Waals surface area (Å²) in [6.45, 7) is 7.08. The number of hydrogen-bond acceptors (Lipinski definition) is 5. The summed E-state index contributed by atoms with van der Waals surface area (Å²) in [5.74, 6) is -0.317. The van der Waals surface area contributed by atoms with E-state index in [0.717, 1.165) is 58.8 Å². The number of aromatic carboxylic acids is 1. The van der Waals surface area contributed by atoms with Gasteiger partial charge in [0, 0.05) is 36.1 Å². The minimum atomic E-state index is -0.999. The standard InChI is InChI=1S/C28H33N3O4/c32-27-24-9-5-4-8-23(24)26(28(33)34)25(31(27)22-6-2-1-3-7-22)20-30-14-11-21(12-15-30)10-13-29-16-18-35-19-17-29/h1-9,21H,10-20H2,(H,33,34). The van der Waals surface area contributed by atoms with Crippen LogP contribution in [0.5, 0.6) is 0 Å². The van der Waals surface area contributed by atoms with Crippen molar-refractivity contribution >= 4 is 16.7 Å². The van der Waals surface area contributed by atoms with Crippen LogP contribution in [0.1, 0.15) is 35.3 Å². The Morgan fingerprint density at radius 3 is 2.23 bits per heavy atom. The molecule has 1 aromatic heterocycles. The van der Waals surface area contributed by atoms with E-state index in [1.165, 1.54) is 6.42 Å². The normalized spacial score (nSPS) is 18.2. The van der Waals surface area contributed by atoms with Crippen molar-refractivity contribution in [3.63, 3.8) is 0 Å². The number of piperidine rings is 1. The molecule has 3 heterocycles. The third kappa shape index (κ3) is 5.17. The molecule has 0 spiro atoms. The van der Waals surface area contributed by atoms with Gasteiger partial charge in [0.15, 0.2) is 0 Å². The van der Waals surface area contributed by atoms with Crippen molar-refractivity contribution < 1.29 is 14.6 Å². The van der Waals surface area contributed by atoms with Crippen LogP contribution in [0, 0.1) is 5.92 Å². The van der Waals surface area contributed by atoms with Crippen molar-refractivity contribution in [3.05, 3.63) is 76.2 Å². The molecular weight excluding hydrogens is 442 g/mol. The lowest BCUT2D eigenvalue weighted by atomic mass is 9.93. The van der Waals surface area contributed by atoms with E-state index in [-0.39, 0.29) is 11.1 Å². The molecule has 0 radical (unpaired) electrons. The molecule has 7 heteroatoms. The fourth-order valence-corrected chi connectivity index (χ4v) is 5.47. The van der Waals surface area contributed by atoms with Crippen molar-refractivity contribution in [2.75, 3.05) is 45.9 Å². The third-order valence-electron chi connectivity index (χ3n) is 7.45. The number of fused-ring (bicyclic) bond motifs is 1. The SMILES string of the molecule is O=C(O)c1c(CN2CCC(CCN3CCOCC3)CC2)n(-c2ccccc2)c(=O)c2ccccc12. The summed E-state index contributed by atoms with van der Waals surface area (Å²) in [5.41, 5.74) is 1.30. The number of nitrogens with zero attached hydrogens (tertiary/aromatic N) is 3. The van der Waals surface area contributed by atoms with Crippen LogP contribution in [0.4, 0.5) is 0 Å². The summed E-state index contributed by atoms with van der Waals surface area (Å²) >= 11 is 0. The molecule has 184 valence electrons. The molecule has 7 nitrogen and oxygen atoms in total. The molecule has 35 heavy (non-hydrogen) atoms. The van der Waals surface area contributed by atoms with Gasteiger partial charge in [0.25, 0.3) is 5.56 Å². The van der Waals surface area contributed by atoms with Crippen LogP contribution >= 0.6 is 0 Å². The number of ether oxygens (including phenoxy) is 1. The number of likely N-dealkylation sites (tertiary alicyclic amines) is 1. The van der Waals surface area contributed by atoms with E-state index in [1.54, 1.807) is 28.8 Å². The molecule has 0 unspecified atom stereocenters. The zero-order valence-corrected chi connectivity index (χ0v) is 20.1. The molecule has 2 fully saturated rings. The Kier molecular flexibility index (Phi) is 7.27. The first-order chi connectivity index (χ1) is 17.1. The van der Waals surface area contributed by atoms with Gasteiger partial charge in [-0.1, -0.05) is 36.4 Å². The lowest BCUT2D eigenvalue weighted by molar-refractivity contribution is 0.0334. The molecule has 3 aromatic rings. The Morgan fingerprint density at radius 2 is 1.54 bits per heavy atom. The minimum absolute atomic E-state index is 0.174. The van der Waals surface area contributed by atoms with E-state index in [1.807, 2.05) is 30.3 Å². The first-order valence-corrected chi connectivity index (χ1v) is 12.6. The molecule has 1 N–H and O–H groups in total. The molecular formula is C28H33N3O4. The van der Waals surface area contributed by atoms with Crippen molar-refractivity contribution in [2.45, 2.75) is 25.8 Å². The second-order valence-electron chi connectivity index (χ2n) is 9.61. The van der Waals surface area contributed by atoms with Crippen LogP contribution in [0.2, 0.25) is 0 Å². The Balaban J connectivity index is 1.40. The van der Waals surface area contributed by atoms with Gasteiger partial charge in [0.1, 0.15) is 0 Å². The number of carboxylic acids is 1. The van der Waals surface area contributed by atoms with Crippen molar-refractivity contribution in [3.8, 4) is 5.69 Å². The van der Waals surface area contributed by atoms with Gasteiger partial charge in [-0.05, 0) is 63.0 Å². The van der Waals surface area contributed by atoms with Crippen LogP contribution in [-0.4, -0.2) is 71.4 Å². The van der Waals surface area contributed by atoms with Gasteiger partial charge in [-0.2, -0.15) is 0 Å². The average molecular weight is 476 g/mol. The molecule has 2 saturated heterocycles. The summed E-state index contributed by atoms with van der Waals surface area (Å²) in [7, 11) is 0. The lowest BCUT2D eigenvalue weighted by Crippen LogP contribution is -2.39. The summed E-state index contributed by atoms with van der Waals surface area (Å²) < 4.78 is 7.06. The number of benzene rings is 2. The zero-order chi connectivity index (χ0) is 24.2. The maximum Gasteiger partial charge on any atom is 0.338 e. The second kappa shape index (κ2) is 10.7. The summed E-state index contributed by atoms with van der Waals surface area (Å²) in [6, 6.07) is 16.4. The Hall–Kier alpha value is -3.00. The maximum atomic E-state index is 13.6. The lowest BCUT2D eigenvalue weighted by Gasteiger charge is -2.34. The first-order valence-electron chi connectivity index (χ1n) is 12.6.